The van der Waals surface area contributed by atoms with Gasteiger partial charge in [0.2, 0.25) is 5.91 Å². The van der Waals surface area contributed by atoms with E-state index in [0.717, 1.165) is 12.1 Å². The molecule has 3 aromatic rings. The third kappa shape index (κ3) is 5.30. The molecule has 1 aromatic heterocycles. The summed E-state index contributed by atoms with van der Waals surface area (Å²) in [5.74, 6) is -2.82. The summed E-state index contributed by atoms with van der Waals surface area (Å²) in [4.78, 5) is 48.2. The molecule has 1 N–H and O–H groups in total. The van der Waals surface area contributed by atoms with Gasteiger partial charge >= 0.3 is 0 Å². The molecule has 2 heterocycles. The van der Waals surface area contributed by atoms with Gasteiger partial charge in [-0.05, 0) is 58.0 Å². The Morgan fingerprint density at radius 1 is 1.17 bits per heavy atom. The van der Waals surface area contributed by atoms with E-state index in [9.17, 15) is 33.3 Å². The average molecular weight is 564 g/mol. The van der Waals surface area contributed by atoms with Crippen LogP contribution in [-0.4, -0.2) is 33.4 Å². The summed E-state index contributed by atoms with van der Waals surface area (Å²) < 4.78 is 32.9. The molecule has 0 aliphatic carbocycles. The van der Waals surface area contributed by atoms with Gasteiger partial charge in [-0.3, -0.25) is 29.4 Å². The number of furan rings is 1. The van der Waals surface area contributed by atoms with Crippen molar-refractivity contribution in [1.29, 1.82) is 0 Å². The first-order chi connectivity index (χ1) is 16.6. The predicted octanol–water partition coefficient (Wildman–Crippen LogP) is 5.57. The predicted molar refractivity (Wildman–Crippen MR) is 126 cm³/mol. The van der Waals surface area contributed by atoms with Gasteiger partial charge in [-0.1, -0.05) is 0 Å². The number of carbonyl (C=O) groups excluding carboxylic acids is 3. The van der Waals surface area contributed by atoms with Crippen LogP contribution in [0, 0.1) is 21.7 Å². The minimum atomic E-state index is -0.999. The largest absolute Gasteiger partial charge is 0.457 e. The first-order valence-electron chi connectivity index (χ1n) is 9.67. The number of hydrogen-bond acceptors (Lipinski definition) is 7. The molecule has 0 spiro atoms. The van der Waals surface area contributed by atoms with E-state index >= 15 is 0 Å². The van der Waals surface area contributed by atoms with E-state index in [1.54, 1.807) is 12.1 Å². The summed E-state index contributed by atoms with van der Waals surface area (Å²) in [7, 11) is 0. The molecule has 0 unspecified atom stereocenters. The number of benzene rings is 2. The molecule has 0 saturated carbocycles. The molecule has 0 bridgehead atoms. The molecule has 1 fully saturated rings. The van der Waals surface area contributed by atoms with Gasteiger partial charge < -0.3 is 9.73 Å². The van der Waals surface area contributed by atoms with Crippen LogP contribution in [0.4, 0.5) is 25.0 Å². The molecule has 178 valence electrons. The van der Waals surface area contributed by atoms with Crippen molar-refractivity contribution in [2.24, 2.45) is 0 Å². The number of hydrogen-bond donors (Lipinski definition) is 1. The summed E-state index contributed by atoms with van der Waals surface area (Å²) in [6.07, 6.45) is 1.32. The smallest absolute Gasteiger partial charge is 0.294 e. The quantitative estimate of drug-likeness (QED) is 0.236. The van der Waals surface area contributed by atoms with Gasteiger partial charge in [-0.2, -0.15) is 0 Å². The van der Waals surface area contributed by atoms with Crippen LogP contribution >= 0.6 is 27.7 Å². The van der Waals surface area contributed by atoms with Gasteiger partial charge in [-0.15, -0.1) is 0 Å². The molecule has 0 radical (unpaired) electrons. The molecule has 0 atom stereocenters. The molecule has 1 aliphatic heterocycles. The highest BCUT2D eigenvalue weighted by molar-refractivity contribution is 9.10. The number of thioether (sulfide) groups is 1. The van der Waals surface area contributed by atoms with Crippen molar-refractivity contribution < 1.29 is 32.5 Å². The normalized spacial score (nSPS) is 14.6. The number of halogens is 3. The second-order valence-electron chi connectivity index (χ2n) is 7.06. The molecular weight excluding hydrogens is 552 g/mol. The zero-order chi connectivity index (χ0) is 25.3. The van der Waals surface area contributed by atoms with Crippen LogP contribution in [0.25, 0.3) is 17.4 Å². The molecule has 1 aliphatic rings. The Kier molecular flexibility index (Phi) is 6.80. The highest BCUT2D eigenvalue weighted by atomic mass is 79.9. The Morgan fingerprint density at radius 2 is 1.94 bits per heavy atom. The van der Waals surface area contributed by atoms with Crippen molar-refractivity contribution in [2.45, 2.75) is 0 Å². The molecule has 2 aromatic carbocycles. The maximum atomic E-state index is 13.7. The Morgan fingerprint density at radius 3 is 2.63 bits per heavy atom. The number of amides is 3. The Hall–Kier alpha value is -3.84. The Labute approximate surface area is 208 Å². The minimum Gasteiger partial charge on any atom is -0.457 e. The van der Waals surface area contributed by atoms with Gasteiger partial charge in [0.25, 0.3) is 16.8 Å². The fourth-order valence-corrected chi connectivity index (χ4v) is 4.46. The highest BCUT2D eigenvalue weighted by Gasteiger charge is 2.36. The van der Waals surface area contributed by atoms with E-state index in [4.69, 9.17) is 4.42 Å². The maximum absolute atomic E-state index is 13.7. The summed E-state index contributed by atoms with van der Waals surface area (Å²) in [5, 5.41) is 12.4. The molecule has 35 heavy (non-hydrogen) atoms. The Bertz CT molecular complexity index is 1420. The number of imide groups is 1. The third-order valence-electron chi connectivity index (χ3n) is 4.71. The van der Waals surface area contributed by atoms with E-state index < -0.39 is 40.2 Å². The van der Waals surface area contributed by atoms with Crippen molar-refractivity contribution in [2.75, 3.05) is 11.9 Å². The molecule has 1 saturated heterocycles. The van der Waals surface area contributed by atoms with Gasteiger partial charge in [-0.25, -0.2) is 8.78 Å². The van der Waals surface area contributed by atoms with Gasteiger partial charge in [0.05, 0.1) is 15.5 Å². The van der Waals surface area contributed by atoms with Crippen LogP contribution in [-0.2, 0) is 9.59 Å². The summed E-state index contributed by atoms with van der Waals surface area (Å²) >= 11 is 3.85. The fourth-order valence-electron chi connectivity index (χ4n) is 3.08. The van der Waals surface area contributed by atoms with Crippen LogP contribution in [0.5, 0.6) is 0 Å². The number of carbonyl (C=O) groups is 3. The van der Waals surface area contributed by atoms with Crippen molar-refractivity contribution >= 4 is 62.2 Å². The molecule has 3 amide bonds. The first kappa shape index (κ1) is 24.3. The number of anilines is 1. The minimum absolute atomic E-state index is 0.000530. The van der Waals surface area contributed by atoms with E-state index in [1.807, 2.05) is 0 Å². The topological polar surface area (TPSA) is 123 Å². The van der Waals surface area contributed by atoms with Crippen molar-refractivity contribution in [3.63, 3.8) is 0 Å². The highest BCUT2D eigenvalue weighted by Crippen LogP contribution is 2.35. The number of nitrogens with one attached hydrogen (secondary N) is 1. The van der Waals surface area contributed by atoms with E-state index in [-0.39, 0.29) is 22.0 Å². The van der Waals surface area contributed by atoms with Crippen molar-refractivity contribution in [3.8, 4) is 11.3 Å². The lowest BCUT2D eigenvalue weighted by Crippen LogP contribution is -2.36. The molecule has 13 heteroatoms. The summed E-state index contributed by atoms with van der Waals surface area (Å²) in [6.45, 7) is -0.669. The lowest BCUT2D eigenvalue weighted by atomic mass is 10.1. The average Bonchev–Trinajstić information content (AvgIpc) is 3.35. The Balaban J connectivity index is 1.47. The second-order valence-corrected chi connectivity index (χ2v) is 8.91. The van der Waals surface area contributed by atoms with E-state index in [0.29, 0.717) is 38.5 Å². The second kappa shape index (κ2) is 9.80. The zero-order valence-electron chi connectivity index (χ0n) is 17.3. The van der Waals surface area contributed by atoms with E-state index in [2.05, 4.69) is 21.2 Å². The van der Waals surface area contributed by atoms with Crippen LogP contribution in [0.3, 0.4) is 0 Å². The molecular formula is C22H12BrF2N3O6S. The summed E-state index contributed by atoms with van der Waals surface area (Å²) in [6, 6.07) is 9.84. The lowest BCUT2D eigenvalue weighted by Gasteiger charge is -2.12. The van der Waals surface area contributed by atoms with Gasteiger partial charge in [0.1, 0.15) is 29.7 Å². The standard InChI is InChI=1S/C22H12BrF2N3O6S/c23-15-8-12(28(32)33)2-4-14(15)18-6-3-13(34-18)9-19-21(30)27(22(31)35-19)10-20(29)26-17-5-1-11(24)7-16(17)25/h1-9H,10H2,(H,26,29)/b19-9+. The third-order valence-corrected chi connectivity index (χ3v) is 6.27. The summed E-state index contributed by atoms with van der Waals surface area (Å²) in [5.41, 5.74) is 0.139. The number of nitrogens with zero attached hydrogens (tertiary/aromatic N) is 2. The number of rotatable bonds is 6. The SMILES string of the molecule is O=C(CN1C(=O)S/C(=C/c2ccc(-c3ccc([N+](=O)[O-])cc3Br)o2)C1=O)Nc1ccc(F)cc1F. The maximum Gasteiger partial charge on any atom is 0.294 e. The van der Waals surface area contributed by atoms with E-state index in [1.165, 1.54) is 24.3 Å². The van der Waals surface area contributed by atoms with Crippen molar-refractivity contribution in [3.05, 3.63) is 85.4 Å². The molecule has 4 rings (SSSR count). The number of nitro groups is 1. The van der Waals surface area contributed by atoms with Gasteiger partial charge in [0.15, 0.2) is 0 Å². The zero-order valence-corrected chi connectivity index (χ0v) is 19.7. The first-order valence-corrected chi connectivity index (χ1v) is 11.3. The monoisotopic (exact) mass is 563 g/mol. The van der Waals surface area contributed by atoms with Crippen LogP contribution in [0.1, 0.15) is 5.76 Å². The van der Waals surface area contributed by atoms with Crippen LogP contribution < -0.4 is 5.32 Å². The number of nitro benzene ring substituents is 1. The lowest BCUT2D eigenvalue weighted by molar-refractivity contribution is -0.384. The molecule has 9 nitrogen and oxygen atoms in total. The van der Waals surface area contributed by atoms with Crippen molar-refractivity contribution in [1.82, 2.24) is 4.90 Å². The van der Waals surface area contributed by atoms with Crippen LogP contribution in [0.2, 0.25) is 0 Å². The van der Waals surface area contributed by atoms with Gasteiger partial charge in [0, 0.05) is 34.3 Å². The fraction of sp³-hybridized carbons (Fsp3) is 0.0455. The van der Waals surface area contributed by atoms with Crippen LogP contribution in [0.15, 0.2) is 62.3 Å². The number of non-ortho nitro benzene ring substituents is 1.